The van der Waals surface area contributed by atoms with Gasteiger partial charge in [0.05, 0.1) is 18.8 Å². The number of ether oxygens (including phenoxy) is 1. The SMILES string of the molecule is COP(=O)(OC[C@H]1O[C@@H](n2cc(C)c(=O)[nH]c2=O)C[C@@H]1N=[N+]=[N-])OP(=O)(O)C(F)(F)P(=O)(O)O. The zero-order chi connectivity index (χ0) is 26.1. The predicted molar refractivity (Wildman–Crippen MR) is 106 cm³/mol. The Morgan fingerprint density at radius 2 is 1.97 bits per heavy atom. The average Bonchev–Trinajstić information content (AvgIpc) is 3.11. The number of rotatable bonds is 10. The second kappa shape index (κ2) is 10.1. The zero-order valence-electron chi connectivity index (χ0n) is 17.1. The lowest BCUT2D eigenvalue weighted by Crippen LogP contribution is -2.33. The summed E-state index contributed by atoms with van der Waals surface area (Å²) in [4.78, 5) is 54.7. The Morgan fingerprint density at radius 1 is 1.35 bits per heavy atom. The fourth-order valence-electron chi connectivity index (χ4n) is 2.65. The number of halogens is 2. The van der Waals surface area contributed by atoms with Crippen LogP contribution in [0.15, 0.2) is 20.9 Å². The van der Waals surface area contributed by atoms with Gasteiger partial charge in [-0.15, -0.1) is 0 Å². The van der Waals surface area contributed by atoms with E-state index in [1.54, 1.807) is 0 Å². The molecule has 2 unspecified atom stereocenters. The molecule has 17 nitrogen and oxygen atoms in total. The zero-order valence-corrected chi connectivity index (χ0v) is 19.8. The first-order chi connectivity index (χ1) is 15.5. The molecule has 2 heterocycles. The van der Waals surface area contributed by atoms with Crippen LogP contribution in [-0.4, -0.2) is 55.5 Å². The van der Waals surface area contributed by atoms with Gasteiger partial charge in [0.2, 0.25) is 0 Å². The lowest BCUT2D eigenvalue weighted by Gasteiger charge is -2.26. The van der Waals surface area contributed by atoms with Crippen molar-refractivity contribution in [3.8, 4) is 0 Å². The molecule has 0 spiro atoms. The molecule has 1 aliphatic heterocycles. The van der Waals surface area contributed by atoms with Crippen LogP contribution in [0.5, 0.6) is 0 Å². The standard InChI is InChI=1S/C12H18F2N5O12P3/c1-6-4-19(11(21)16-10(6)20)9-3-7(17-18-15)8(30-9)5-29-34(27,28-2)31-33(25,26)12(13,14)32(22,23)24/h4,7-9H,3,5H2,1-2H3,(H,25,26)(H,16,20,21)(H2,22,23,24)/t7-,8+,9+,34?/m0/s1. The van der Waals surface area contributed by atoms with Crippen molar-refractivity contribution in [2.24, 2.45) is 5.11 Å². The number of nitrogens with zero attached hydrogens (tertiary/aromatic N) is 4. The van der Waals surface area contributed by atoms with Crippen LogP contribution < -0.4 is 11.2 Å². The van der Waals surface area contributed by atoms with Crippen molar-refractivity contribution in [2.75, 3.05) is 13.7 Å². The molecule has 5 atom stereocenters. The van der Waals surface area contributed by atoms with Gasteiger partial charge in [0, 0.05) is 30.2 Å². The van der Waals surface area contributed by atoms with E-state index in [1.807, 2.05) is 4.98 Å². The minimum atomic E-state index is -6.63. The molecule has 1 saturated heterocycles. The third kappa shape index (κ3) is 5.90. The van der Waals surface area contributed by atoms with Gasteiger partial charge in [-0.05, 0) is 12.5 Å². The van der Waals surface area contributed by atoms with Crippen molar-refractivity contribution in [2.45, 2.75) is 37.1 Å². The predicted octanol–water partition coefficient (Wildman–Crippen LogP) is 1.51. The summed E-state index contributed by atoms with van der Waals surface area (Å²) in [5, 5.41) is -2.24. The summed E-state index contributed by atoms with van der Waals surface area (Å²) in [7, 11) is -18.0. The largest absolute Gasteiger partial charge is 0.482 e. The van der Waals surface area contributed by atoms with Gasteiger partial charge in [0.15, 0.2) is 0 Å². The molecular weight excluding hydrogens is 537 g/mol. The molecule has 1 fully saturated rings. The van der Waals surface area contributed by atoms with Crippen LogP contribution in [0.25, 0.3) is 10.4 Å². The van der Waals surface area contributed by atoms with Crippen LogP contribution in [0.3, 0.4) is 0 Å². The smallest absolute Gasteiger partial charge is 0.352 e. The normalized spacial score (nSPS) is 24.7. The minimum Gasteiger partial charge on any atom is -0.352 e. The number of aromatic amines is 1. The first kappa shape index (κ1) is 28.5. The van der Waals surface area contributed by atoms with Crippen molar-refractivity contribution in [1.29, 1.82) is 0 Å². The van der Waals surface area contributed by atoms with E-state index < -0.39 is 64.6 Å². The first-order valence-electron chi connectivity index (χ1n) is 8.77. The van der Waals surface area contributed by atoms with E-state index in [-0.39, 0.29) is 12.0 Å². The molecule has 0 bridgehead atoms. The van der Waals surface area contributed by atoms with Gasteiger partial charge in [-0.3, -0.25) is 32.5 Å². The quantitative estimate of drug-likeness (QED) is 0.139. The maximum atomic E-state index is 13.6. The Kier molecular flexibility index (Phi) is 8.46. The van der Waals surface area contributed by atoms with E-state index in [4.69, 9.17) is 20.1 Å². The van der Waals surface area contributed by atoms with Crippen LogP contribution in [0.2, 0.25) is 0 Å². The number of nitrogens with one attached hydrogen (secondary N) is 1. The molecule has 0 radical (unpaired) electrons. The Bertz CT molecular complexity index is 1240. The fourth-order valence-corrected chi connectivity index (χ4v) is 6.66. The summed E-state index contributed by atoms with van der Waals surface area (Å²) >= 11 is 0. The maximum absolute atomic E-state index is 13.6. The third-order valence-electron chi connectivity index (χ3n) is 4.38. The van der Waals surface area contributed by atoms with Crippen molar-refractivity contribution < 1.29 is 55.3 Å². The van der Waals surface area contributed by atoms with E-state index in [9.17, 15) is 37.0 Å². The summed E-state index contributed by atoms with van der Waals surface area (Å²) in [6, 6.07) is -1.11. The van der Waals surface area contributed by atoms with Gasteiger partial charge in [-0.1, -0.05) is 5.11 Å². The molecule has 34 heavy (non-hydrogen) atoms. The van der Waals surface area contributed by atoms with E-state index in [2.05, 4.69) is 23.4 Å². The molecule has 22 heteroatoms. The molecule has 0 aromatic carbocycles. The highest BCUT2D eigenvalue weighted by molar-refractivity contribution is 7.75. The fraction of sp³-hybridized carbons (Fsp3) is 0.667. The Balaban J connectivity index is 2.24. The molecule has 2 rings (SSSR count). The number of phosphoric ester groups is 1. The second-order valence-electron chi connectivity index (χ2n) is 6.70. The number of azide groups is 1. The highest BCUT2D eigenvalue weighted by atomic mass is 31.3. The molecule has 0 amide bonds. The first-order valence-corrected chi connectivity index (χ1v) is 13.4. The van der Waals surface area contributed by atoms with Crippen molar-refractivity contribution in [1.82, 2.24) is 9.55 Å². The van der Waals surface area contributed by atoms with Crippen LogP contribution in [0.1, 0.15) is 18.2 Å². The van der Waals surface area contributed by atoms with Crippen molar-refractivity contribution in [3.63, 3.8) is 0 Å². The van der Waals surface area contributed by atoms with Crippen LogP contribution in [0.4, 0.5) is 8.78 Å². The Hall–Kier alpha value is -1.74. The maximum Gasteiger partial charge on any atom is 0.482 e. The molecule has 192 valence electrons. The lowest BCUT2D eigenvalue weighted by molar-refractivity contribution is -0.0276. The Labute approximate surface area is 187 Å². The monoisotopic (exact) mass is 555 g/mol. The molecule has 0 saturated carbocycles. The number of aryl methyl sites for hydroxylation is 1. The van der Waals surface area contributed by atoms with E-state index >= 15 is 0 Å². The minimum absolute atomic E-state index is 0.130. The third-order valence-corrected chi connectivity index (χ3v) is 9.90. The lowest BCUT2D eigenvalue weighted by atomic mass is 10.1. The van der Waals surface area contributed by atoms with Crippen molar-refractivity contribution in [3.05, 3.63) is 43.0 Å². The molecule has 1 aliphatic rings. The number of H-pyrrole nitrogens is 1. The van der Waals surface area contributed by atoms with Gasteiger partial charge in [0.1, 0.15) is 6.23 Å². The van der Waals surface area contributed by atoms with Gasteiger partial charge in [-0.2, -0.15) is 8.78 Å². The van der Waals surface area contributed by atoms with Crippen LogP contribution in [-0.2, 0) is 31.8 Å². The summed E-state index contributed by atoms with van der Waals surface area (Å²) in [5.74, 6) is 0. The number of hydrogen-bond acceptors (Lipinski definition) is 10. The number of hydrogen-bond donors (Lipinski definition) is 4. The van der Waals surface area contributed by atoms with Gasteiger partial charge in [-0.25, -0.2) is 13.7 Å². The van der Waals surface area contributed by atoms with Crippen LogP contribution >= 0.6 is 23.0 Å². The summed E-state index contributed by atoms with van der Waals surface area (Å²) < 4.78 is 81.5. The van der Waals surface area contributed by atoms with E-state index in [0.717, 1.165) is 10.8 Å². The number of phosphoric acid groups is 1. The highest BCUT2D eigenvalue weighted by Crippen LogP contribution is 2.78. The van der Waals surface area contributed by atoms with Crippen molar-refractivity contribution >= 4 is 23.0 Å². The molecule has 1 aromatic rings. The van der Waals surface area contributed by atoms with Gasteiger partial charge in [0.25, 0.3) is 5.56 Å². The van der Waals surface area contributed by atoms with E-state index in [0.29, 0.717) is 7.11 Å². The Morgan fingerprint density at radius 3 is 2.50 bits per heavy atom. The molecule has 0 aliphatic carbocycles. The van der Waals surface area contributed by atoms with Gasteiger partial charge >= 0.3 is 34.1 Å². The van der Waals surface area contributed by atoms with E-state index in [1.165, 1.54) is 6.92 Å². The van der Waals surface area contributed by atoms with Crippen LogP contribution in [0, 0.1) is 6.92 Å². The second-order valence-corrected chi connectivity index (χ2v) is 12.5. The molecule has 1 aromatic heterocycles. The highest BCUT2D eigenvalue weighted by Gasteiger charge is 2.67. The van der Waals surface area contributed by atoms with Gasteiger partial charge < -0.3 is 19.4 Å². The average molecular weight is 555 g/mol. The topological polar surface area (TPSA) is 252 Å². The summed E-state index contributed by atoms with van der Waals surface area (Å²) in [5.41, 5.74) is 7.33. The molecule has 4 N–H and O–H groups in total. The summed E-state index contributed by atoms with van der Waals surface area (Å²) in [6.45, 7) is 0.450. The summed E-state index contributed by atoms with van der Waals surface area (Å²) in [6.07, 6.45) is -1.50. The number of alkyl halides is 2. The molecular formula is C12H18F2N5O12P3. The number of aromatic nitrogens is 2.